The van der Waals surface area contributed by atoms with Crippen LogP contribution in [0.3, 0.4) is 0 Å². The molecule has 2 aromatic heterocycles. The molecule has 0 saturated heterocycles. The molecule has 0 aliphatic rings. The molecule has 0 atom stereocenters. The van der Waals surface area contributed by atoms with Crippen LogP contribution < -0.4 is 10.1 Å². The van der Waals surface area contributed by atoms with E-state index < -0.39 is 0 Å². The first-order chi connectivity index (χ1) is 16.2. The highest BCUT2D eigenvalue weighted by Crippen LogP contribution is 2.25. The monoisotopic (exact) mass is 478 g/mol. The highest BCUT2D eigenvalue weighted by molar-refractivity contribution is 6.30. The fourth-order valence-electron chi connectivity index (χ4n) is 3.72. The lowest BCUT2D eigenvalue weighted by atomic mass is 10.1. The zero-order chi connectivity index (χ0) is 24.4. The summed E-state index contributed by atoms with van der Waals surface area (Å²) in [7, 11) is 0. The zero-order valence-corrected chi connectivity index (χ0v) is 20.7. The molecule has 0 spiro atoms. The van der Waals surface area contributed by atoms with Gasteiger partial charge in [-0.05, 0) is 69.5 Å². The number of carbonyl (C=O) groups excluding carboxylic acids is 1. The molecule has 7 nitrogen and oxygen atoms in total. The minimum Gasteiger partial charge on any atom is -0.488 e. The van der Waals surface area contributed by atoms with E-state index in [0.29, 0.717) is 34.3 Å². The van der Waals surface area contributed by atoms with Gasteiger partial charge in [-0.25, -0.2) is 0 Å². The van der Waals surface area contributed by atoms with Crippen LogP contribution in [0.25, 0.3) is 0 Å². The van der Waals surface area contributed by atoms with E-state index in [2.05, 4.69) is 15.6 Å². The third-order valence-electron chi connectivity index (χ3n) is 5.78. The van der Waals surface area contributed by atoms with Gasteiger partial charge in [-0.15, -0.1) is 0 Å². The largest absolute Gasteiger partial charge is 0.488 e. The molecule has 34 heavy (non-hydrogen) atoms. The van der Waals surface area contributed by atoms with E-state index in [0.717, 1.165) is 28.1 Å². The highest BCUT2D eigenvalue weighted by Gasteiger charge is 2.23. The summed E-state index contributed by atoms with van der Waals surface area (Å²) in [6.07, 6.45) is 0. The summed E-state index contributed by atoms with van der Waals surface area (Å²) in [4.78, 5) is 13.1. The fraction of sp³-hybridized carbons (Fsp3) is 0.269. The summed E-state index contributed by atoms with van der Waals surface area (Å²) in [5.74, 6) is 0.943. The average Bonchev–Trinajstić information content (AvgIpc) is 3.30. The van der Waals surface area contributed by atoms with Crippen LogP contribution in [0.1, 0.15) is 49.9 Å². The van der Waals surface area contributed by atoms with Crippen LogP contribution in [0, 0.1) is 34.6 Å². The number of nitrogens with zero attached hydrogens (tertiary/aromatic N) is 3. The number of amides is 1. The topological polar surface area (TPSA) is 82.2 Å². The van der Waals surface area contributed by atoms with Crippen LogP contribution in [0.15, 0.2) is 47.0 Å². The third kappa shape index (κ3) is 4.99. The van der Waals surface area contributed by atoms with Gasteiger partial charge in [0.2, 0.25) is 0 Å². The standard InChI is InChI=1S/C26H27ClN4O3/c1-15-6-7-16(2)23(12-15)33-14-22-19(5)34-30-25(22)26(32)28-24-17(3)29-31(18(24)4)13-20-8-10-21(27)11-9-20/h6-12H,13-14H2,1-5H3,(H,28,32). The number of aromatic nitrogens is 3. The van der Waals surface area contributed by atoms with Crippen molar-refractivity contribution in [3.8, 4) is 5.75 Å². The SMILES string of the molecule is Cc1ccc(C)c(OCc2c(C(=O)Nc3c(C)nn(Cc4ccc(Cl)cc4)c3C)noc2C)c1. The Morgan fingerprint density at radius 3 is 2.56 bits per heavy atom. The molecule has 176 valence electrons. The number of carbonyl (C=O) groups is 1. The number of rotatable bonds is 7. The van der Waals surface area contributed by atoms with E-state index in [1.54, 1.807) is 6.92 Å². The lowest BCUT2D eigenvalue weighted by molar-refractivity contribution is 0.101. The fourth-order valence-corrected chi connectivity index (χ4v) is 3.85. The van der Waals surface area contributed by atoms with Crippen LogP contribution in [0.5, 0.6) is 5.75 Å². The summed E-state index contributed by atoms with van der Waals surface area (Å²) in [5, 5.41) is 12.2. The first-order valence-electron chi connectivity index (χ1n) is 11.0. The minimum absolute atomic E-state index is 0.177. The lowest BCUT2D eigenvalue weighted by Gasteiger charge is -2.10. The smallest absolute Gasteiger partial charge is 0.278 e. The molecule has 0 aliphatic carbocycles. The quantitative estimate of drug-likeness (QED) is 0.355. The molecule has 2 heterocycles. The maximum Gasteiger partial charge on any atom is 0.278 e. The number of aryl methyl sites for hydroxylation is 4. The van der Waals surface area contributed by atoms with Crippen LogP contribution in [-0.4, -0.2) is 20.8 Å². The molecule has 0 aliphatic heterocycles. The molecule has 0 unspecified atom stereocenters. The van der Waals surface area contributed by atoms with Gasteiger partial charge >= 0.3 is 0 Å². The van der Waals surface area contributed by atoms with Crippen molar-refractivity contribution in [1.82, 2.24) is 14.9 Å². The third-order valence-corrected chi connectivity index (χ3v) is 6.03. The van der Waals surface area contributed by atoms with Gasteiger partial charge in [0.25, 0.3) is 5.91 Å². The number of nitrogens with one attached hydrogen (secondary N) is 1. The maximum absolute atomic E-state index is 13.1. The normalized spacial score (nSPS) is 11.0. The van der Waals surface area contributed by atoms with E-state index in [-0.39, 0.29) is 18.2 Å². The molecular weight excluding hydrogens is 452 g/mol. The Kier molecular flexibility index (Phi) is 6.75. The van der Waals surface area contributed by atoms with Crippen molar-refractivity contribution in [3.05, 3.63) is 92.6 Å². The van der Waals surface area contributed by atoms with Crippen LogP contribution in [0.2, 0.25) is 5.02 Å². The van der Waals surface area contributed by atoms with Gasteiger partial charge in [-0.2, -0.15) is 5.10 Å². The van der Waals surface area contributed by atoms with Crippen molar-refractivity contribution < 1.29 is 14.1 Å². The van der Waals surface area contributed by atoms with E-state index in [4.69, 9.17) is 20.9 Å². The van der Waals surface area contributed by atoms with E-state index in [9.17, 15) is 4.79 Å². The Balaban J connectivity index is 1.52. The van der Waals surface area contributed by atoms with Gasteiger partial charge in [0.1, 0.15) is 18.1 Å². The Morgan fingerprint density at radius 2 is 1.82 bits per heavy atom. The molecule has 0 bridgehead atoms. The first kappa shape index (κ1) is 23.6. The van der Waals surface area contributed by atoms with Crippen LogP contribution >= 0.6 is 11.6 Å². The van der Waals surface area contributed by atoms with Crippen molar-refractivity contribution in [2.24, 2.45) is 0 Å². The second-order valence-electron chi connectivity index (χ2n) is 8.41. The predicted molar refractivity (Wildman–Crippen MR) is 132 cm³/mol. The molecule has 4 aromatic rings. The van der Waals surface area contributed by atoms with Crippen molar-refractivity contribution >= 4 is 23.2 Å². The summed E-state index contributed by atoms with van der Waals surface area (Å²) in [6, 6.07) is 13.6. The van der Waals surface area contributed by atoms with Gasteiger partial charge in [0.05, 0.1) is 29.2 Å². The zero-order valence-electron chi connectivity index (χ0n) is 19.9. The second-order valence-corrected chi connectivity index (χ2v) is 8.84. The number of hydrogen-bond donors (Lipinski definition) is 1. The van der Waals surface area contributed by atoms with Crippen molar-refractivity contribution in [1.29, 1.82) is 0 Å². The Bertz CT molecular complexity index is 1340. The number of benzene rings is 2. The molecule has 4 rings (SSSR count). The number of halogens is 1. The Labute approximate surface area is 203 Å². The molecular formula is C26H27ClN4O3. The van der Waals surface area contributed by atoms with E-state index in [1.165, 1.54) is 0 Å². The van der Waals surface area contributed by atoms with Gasteiger partial charge in [0.15, 0.2) is 5.69 Å². The number of ether oxygens (including phenoxy) is 1. The Hall–Kier alpha value is -3.58. The first-order valence-corrected chi connectivity index (χ1v) is 11.4. The molecule has 1 N–H and O–H groups in total. The molecule has 1 amide bonds. The average molecular weight is 479 g/mol. The molecule has 0 radical (unpaired) electrons. The van der Waals surface area contributed by atoms with Crippen LogP contribution in [-0.2, 0) is 13.2 Å². The second kappa shape index (κ2) is 9.73. The van der Waals surface area contributed by atoms with Gasteiger partial charge in [-0.1, -0.05) is 41.0 Å². The van der Waals surface area contributed by atoms with Gasteiger partial charge < -0.3 is 14.6 Å². The van der Waals surface area contributed by atoms with E-state index >= 15 is 0 Å². The van der Waals surface area contributed by atoms with Crippen molar-refractivity contribution in [2.75, 3.05) is 5.32 Å². The summed E-state index contributed by atoms with van der Waals surface area (Å²) in [5.41, 5.74) is 6.20. The lowest BCUT2D eigenvalue weighted by Crippen LogP contribution is -2.16. The van der Waals surface area contributed by atoms with Gasteiger partial charge in [0, 0.05) is 5.02 Å². The van der Waals surface area contributed by atoms with Crippen LogP contribution in [0.4, 0.5) is 5.69 Å². The molecule has 0 fully saturated rings. The summed E-state index contributed by atoms with van der Waals surface area (Å²) < 4.78 is 13.2. The Morgan fingerprint density at radius 1 is 1.09 bits per heavy atom. The van der Waals surface area contributed by atoms with Gasteiger partial charge in [-0.3, -0.25) is 9.48 Å². The number of anilines is 1. The van der Waals surface area contributed by atoms with Crippen molar-refractivity contribution in [3.63, 3.8) is 0 Å². The van der Waals surface area contributed by atoms with E-state index in [1.807, 2.05) is 74.8 Å². The predicted octanol–water partition coefficient (Wildman–Crippen LogP) is 5.95. The molecule has 8 heteroatoms. The maximum atomic E-state index is 13.1. The summed E-state index contributed by atoms with van der Waals surface area (Å²) >= 11 is 5.98. The minimum atomic E-state index is -0.367. The number of hydrogen-bond acceptors (Lipinski definition) is 5. The molecule has 2 aromatic carbocycles. The van der Waals surface area contributed by atoms with Crippen molar-refractivity contribution in [2.45, 2.75) is 47.8 Å². The summed E-state index contributed by atoms with van der Waals surface area (Å²) in [6.45, 7) is 10.3. The highest BCUT2D eigenvalue weighted by atomic mass is 35.5. The molecule has 0 saturated carbocycles.